The summed E-state index contributed by atoms with van der Waals surface area (Å²) in [5.74, 6) is 0. The predicted octanol–water partition coefficient (Wildman–Crippen LogP) is 4.47. The maximum Gasteiger partial charge on any atom is 0.240 e. The van der Waals surface area contributed by atoms with E-state index >= 15 is 0 Å². The zero-order valence-electron chi connectivity index (χ0n) is 21.9. The molecule has 2 aliphatic rings. The number of benzene rings is 3. The van der Waals surface area contributed by atoms with Crippen LogP contribution in [0, 0.1) is 0 Å². The van der Waals surface area contributed by atoms with Crippen molar-refractivity contribution in [1.82, 2.24) is 9.62 Å². The summed E-state index contributed by atoms with van der Waals surface area (Å²) in [5.41, 5.74) is 5.97. The Morgan fingerprint density at radius 3 is 2.19 bits per heavy atom. The molecule has 1 heterocycles. The van der Waals surface area contributed by atoms with Gasteiger partial charge in [-0.1, -0.05) is 36.4 Å². The smallest absolute Gasteiger partial charge is 0.240 e. The molecule has 196 valence electrons. The number of para-hydroxylation sites is 1. The second-order valence-electron chi connectivity index (χ2n) is 10.3. The Morgan fingerprint density at radius 2 is 1.51 bits per heavy atom. The molecule has 1 aliphatic heterocycles. The summed E-state index contributed by atoms with van der Waals surface area (Å²) in [7, 11) is 0.453. The van der Waals surface area contributed by atoms with Gasteiger partial charge in [0.2, 0.25) is 10.0 Å². The van der Waals surface area contributed by atoms with Crippen LogP contribution >= 0.6 is 0 Å². The fourth-order valence-corrected chi connectivity index (χ4v) is 6.62. The summed E-state index contributed by atoms with van der Waals surface area (Å²) >= 11 is 0. The van der Waals surface area contributed by atoms with E-state index in [0.717, 1.165) is 56.7 Å². The molecule has 0 bridgehead atoms. The Hall–Kier alpha value is -2.87. The third-order valence-corrected chi connectivity index (χ3v) is 9.19. The number of fused-ring (bicyclic) bond motifs is 1. The van der Waals surface area contributed by atoms with Crippen molar-refractivity contribution >= 4 is 21.4 Å². The quantitative estimate of drug-likeness (QED) is 0.477. The van der Waals surface area contributed by atoms with E-state index in [1.807, 2.05) is 32.3 Å². The third-order valence-electron chi connectivity index (χ3n) is 7.77. The number of nitrogens with zero attached hydrogens (tertiary/aromatic N) is 3. The lowest BCUT2D eigenvalue weighted by molar-refractivity contribution is 0.187. The molecule has 1 saturated heterocycles. The molecule has 0 saturated carbocycles. The zero-order valence-corrected chi connectivity index (χ0v) is 22.8. The van der Waals surface area contributed by atoms with Crippen molar-refractivity contribution in [2.75, 3.05) is 56.6 Å². The highest BCUT2D eigenvalue weighted by atomic mass is 32.2. The van der Waals surface area contributed by atoms with Gasteiger partial charge in [0.05, 0.1) is 4.90 Å². The summed E-state index contributed by atoms with van der Waals surface area (Å²) in [6.07, 6.45) is 4.32. The molecular weight excluding hydrogens is 480 g/mol. The van der Waals surface area contributed by atoms with Gasteiger partial charge in [-0.2, -0.15) is 0 Å². The van der Waals surface area contributed by atoms with E-state index in [4.69, 9.17) is 0 Å². The van der Waals surface area contributed by atoms with Gasteiger partial charge in [-0.05, 0) is 78.8 Å². The van der Waals surface area contributed by atoms with Crippen molar-refractivity contribution in [1.29, 1.82) is 0 Å². The molecule has 0 amide bonds. The first-order chi connectivity index (χ1) is 17.9. The van der Waals surface area contributed by atoms with Crippen LogP contribution in [-0.2, 0) is 22.9 Å². The molecule has 37 heavy (non-hydrogen) atoms. The van der Waals surface area contributed by atoms with Gasteiger partial charge in [-0.25, -0.2) is 13.1 Å². The normalized spacial score (nSPS) is 17.3. The van der Waals surface area contributed by atoms with Gasteiger partial charge in [0.15, 0.2) is 0 Å². The number of nitrogens with one attached hydrogen (secondary N) is 1. The fourth-order valence-electron chi connectivity index (χ4n) is 5.53. The SMILES string of the molecule is CN(C)c1ccc(C(CNS(=O)(=O)c2ccc3c(c2)CCCC3)N2CCN(c3ccccc3)CC2)cc1. The lowest BCUT2D eigenvalue weighted by Crippen LogP contribution is -2.49. The number of piperazine rings is 1. The average molecular weight is 519 g/mol. The minimum absolute atomic E-state index is 0.0402. The molecule has 3 aromatic carbocycles. The van der Waals surface area contributed by atoms with Crippen LogP contribution in [0.3, 0.4) is 0 Å². The van der Waals surface area contributed by atoms with Gasteiger partial charge in [0.1, 0.15) is 0 Å². The van der Waals surface area contributed by atoms with E-state index in [1.54, 1.807) is 6.07 Å². The molecule has 0 spiro atoms. The molecule has 1 atom stereocenters. The van der Waals surface area contributed by atoms with E-state index in [2.05, 4.69) is 68.0 Å². The van der Waals surface area contributed by atoms with Crippen molar-refractivity contribution in [2.24, 2.45) is 0 Å². The van der Waals surface area contributed by atoms with Crippen molar-refractivity contribution in [3.05, 3.63) is 89.5 Å². The molecule has 3 aromatic rings. The van der Waals surface area contributed by atoms with Gasteiger partial charge in [-0.3, -0.25) is 4.90 Å². The second kappa shape index (κ2) is 11.3. The van der Waals surface area contributed by atoms with Crippen molar-refractivity contribution in [3.8, 4) is 0 Å². The van der Waals surface area contributed by atoms with Gasteiger partial charge in [0.25, 0.3) is 0 Å². The van der Waals surface area contributed by atoms with E-state index in [1.165, 1.54) is 23.2 Å². The second-order valence-corrected chi connectivity index (χ2v) is 12.1. The monoisotopic (exact) mass is 518 g/mol. The summed E-state index contributed by atoms with van der Waals surface area (Å²) in [4.78, 5) is 7.28. The lowest BCUT2D eigenvalue weighted by atomic mass is 9.92. The molecule has 1 N–H and O–H groups in total. The van der Waals surface area contributed by atoms with Crippen LogP contribution in [0.25, 0.3) is 0 Å². The predicted molar refractivity (Wildman–Crippen MR) is 152 cm³/mol. The molecule has 6 nitrogen and oxygen atoms in total. The Labute approximate surface area is 222 Å². The molecule has 0 aromatic heterocycles. The van der Waals surface area contributed by atoms with Crippen molar-refractivity contribution in [3.63, 3.8) is 0 Å². The minimum atomic E-state index is -3.61. The molecule has 1 fully saturated rings. The van der Waals surface area contributed by atoms with E-state index in [9.17, 15) is 8.42 Å². The van der Waals surface area contributed by atoms with Crippen molar-refractivity contribution < 1.29 is 8.42 Å². The standard InChI is InChI=1S/C30H38N4O2S/c1-32(2)27-15-12-25(13-16-27)30(34-20-18-33(19-21-34)28-10-4-3-5-11-28)23-31-37(35,36)29-17-14-24-8-6-7-9-26(24)22-29/h3-5,10-17,22,30-31H,6-9,18-21,23H2,1-2H3. The highest BCUT2D eigenvalue weighted by molar-refractivity contribution is 7.89. The molecule has 1 unspecified atom stereocenters. The first-order valence-electron chi connectivity index (χ1n) is 13.3. The maximum absolute atomic E-state index is 13.4. The molecular formula is C30H38N4O2S. The average Bonchev–Trinajstić information content (AvgIpc) is 2.94. The summed E-state index contributed by atoms with van der Waals surface area (Å²) in [6, 6.07) is 24.6. The highest BCUT2D eigenvalue weighted by Gasteiger charge is 2.27. The molecule has 7 heteroatoms. The number of hydrogen-bond acceptors (Lipinski definition) is 5. The number of rotatable bonds is 8. The van der Waals surface area contributed by atoms with Gasteiger partial charge >= 0.3 is 0 Å². The Kier molecular flexibility index (Phi) is 7.84. The molecule has 0 radical (unpaired) electrons. The van der Waals surface area contributed by atoms with Crippen LogP contribution in [-0.4, -0.2) is 60.1 Å². The zero-order chi connectivity index (χ0) is 25.8. The lowest BCUT2D eigenvalue weighted by Gasteiger charge is -2.40. The minimum Gasteiger partial charge on any atom is -0.378 e. The van der Waals surface area contributed by atoms with Crippen LogP contribution in [0.15, 0.2) is 77.7 Å². The van der Waals surface area contributed by atoms with Gasteiger partial charge < -0.3 is 9.80 Å². The van der Waals surface area contributed by atoms with Crippen LogP contribution in [0.1, 0.15) is 35.6 Å². The highest BCUT2D eigenvalue weighted by Crippen LogP contribution is 2.27. The topological polar surface area (TPSA) is 55.9 Å². The maximum atomic E-state index is 13.4. The Morgan fingerprint density at radius 1 is 0.838 bits per heavy atom. The van der Waals surface area contributed by atoms with E-state index in [0.29, 0.717) is 11.4 Å². The van der Waals surface area contributed by atoms with Crippen molar-refractivity contribution in [2.45, 2.75) is 36.6 Å². The number of anilines is 2. The summed E-state index contributed by atoms with van der Waals surface area (Å²) in [6.45, 7) is 3.90. The van der Waals surface area contributed by atoms with Gasteiger partial charge in [0, 0.05) is 64.2 Å². The number of aryl methyl sites for hydroxylation is 2. The van der Waals surface area contributed by atoms with E-state index in [-0.39, 0.29) is 6.04 Å². The van der Waals surface area contributed by atoms with Gasteiger partial charge in [-0.15, -0.1) is 0 Å². The largest absolute Gasteiger partial charge is 0.378 e. The molecule has 5 rings (SSSR count). The molecule has 1 aliphatic carbocycles. The fraction of sp³-hybridized carbons (Fsp3) is 0.400. The van der Waals surface area contributed by atoms with Crippen LogP contribution in [0.5, 0.6) is 0 Å². The first kappa shape index (κ1) is 25.8. The first-order valence-corrected chi connectivity index (χ1v) is 14.8. The number of sulfonamides is 1. The van der Waals surface area contributed by atoms with Crippen LogP contribution < -0.4 is 14.5 Å². The third kappa shape index (κ3) is 6.00. The van der Waals surface area contributed by atoms with E-state index < -0.39 is 10.0 Å². The van der Waals surface area contributed by atoms with Crippen LogP contribution in [0.4, 0.5) is 11.4 Å². The summed E-state index contributed by atoms with van der Waals surface area (Å²) < 4.78 is 29.7. The Bertz CT molecular complexity index is 1280. The number of hydrogen-bond donors (Lipinski definition) is 1. The summed E-state index contributed by atoms with van der Waals surface area (Å²) in [5, 5.41) is 0. The Balaban J connectivity index is 1.34. The van der Waals surface area contributed by atoms with Crippen LogP contribution in [0.2, 0.25) is 0 Å².